The van der Waals surface area contributed by atoms with Crippen LogP contribution in [0.5, 0.6) is 0 Å². The Bertz CT molecular complexity index is 877. The third-order valence-electron chi connectivity index (χ3n) is 3.72. The van der Waals surface area contributed by atoms with E-state index >= 15 is 0 Å². The zero-order valence-electron chi connectivity index (χ0n) is 13.3. The van der Waals surface area contributed by atoms with Crippen LogP contribution in [-0.4, -0.2) is 54.4 Å². The number of aromatic nitrogens is 4. The summed E-state index contributed by atoms with van der Waals surface area (Å²) in [6.45, 7) is 1.18. The molecule has 0 bridgehead atoms. The molecular weight excluding hydrogens is 357 g/mol. The van der Waals surface area contributed by atoms with Crippen molar-refractivity contribution in [1.82, 2.24) is 30.0 Å². The quantitative estimate of drug-likeness (QED) is 0.589. The molecule has 1 aromatic heterocycles. The van der Waals surface area contributed by atoms with Crippen molar-refractivity contribution in [3.8, 4) is 5.69 Å². The average molecular weight is 368 g/mol. The van der Waals surface area contributed by atoms with Gasteiger partial charge < -0.3 is 0 Å². The number of tetrazole rings is 1. The number of imide groups is 2. The van der Waals surface area contributed by atoms with E-state index in [1.54, 1.807) is 6.92 Å². The Kier molecular flexibility index (Phi) is 4.18. The van der Waals surface area contributed by atoms with Crippen molar-refractivity contribution in [2.75, 3.05) is 6.54 Å². The van der Waals surface area contributed by atoms with Crippen molar-refractivity contribution in [2.24, 2.45) is 0 Å². The van der Waals surface area contributed by atoms with Gasteiger partial charge in [-0.25, -0.2) is 9.69 Å². The van der Waals surface area contributed by atoms with Crippen LogP contribution in [0, 0.1) is 0 Å². The van der Waals surface area contributed by atoms with Crippen LogP contribution in [-0.2, 0) is 22.3 Å². The number of urea groups is 1. The lowest BCUT2D eigenvalue weighted by Crippen LogP contribution is -2.33. The number of carbonyl (C=O) groups excluding carboxylic acids is 3. The number of carbonyl (C=O) groups is 3. The summed E-state index contributed by atoms with van der Waals surface area (Å²) >= 11 is 0. The summed E-state index contributed by atoms with van der Waals surface area (Å²) in [5, 5.41) is 10.7. The molecule has 0 atom stereocenters. The molecular formula is C14H11F3N6O3. The second-order valence-corrected chi connectivity index (χ2v) is 5.27. The third-order valence-corrected chi connectivity index (χ3v) is 3.72. The number of benzene rings is 1. The maximum atomic E-state index is 12.6. The molecule has 1 aliphatic heterocycles. The molecule has 1 saturated heterocycles. The molecule has 1 fully saturated rings. The number of nitrogens with zero attached hydrogens (tertiary/aromatic N) is 6. The molecule has 2 heterocycles. The van der Waals surface area contributed by atoms with Crippen molar-refractivity contribution in [3.63, 3.8) is 0 Å². The lowest BCUT2D eigenvalue weighted by molar-refractivity contribution is -0.143. The maximum Gasteiger partial charge on any atom is 0.416 e. The number of rotatable bonds is 4. The van der Waals surface area contributed by atoms with E-state index in [9.17, 15) is 27.6 Å². The lowest BCUT2D eigenvalue weighted by Gasteiger charge is -2.14. The van der Waals surface area contributed by atoms with Crippen molar-refractivity contribution in [3.05, 3.63) is 35.7 Å². The first-order chi connectivity index (χ1) is 12.2. The van der Waals surface area contributed by atoms with Gasteiger partial charge in [0.2, 0.25) is 0 Å². The summed E-state index contributed by atoms with van der Waals surface area (Å²) in [4.78, 5) is 37.2. The number of alkyl halides is 3. The molecule has 0 spiro atoms. The Morgan fingerprint density at radius 3 is 2.15 bits per heavy atom. The number of hydrogen-bond donors (Lipinski definition) is 0. The molecule has 0 radical (unpaired) electrons. The van der Waals surface area contributed by atoms with E-state index in [1.165, 1.54) is 0 Å². The zero-order valence-corrected chi connectivity index (χ0v) is 13.3. The standard InChI is InChI=1S/C14H11F3N6O3/c1-2-21-11(24)12(25)22(13(21)26)7-10-18-19-20-23(10)9-5-3-8(4-6-9)14(15,16)17/h3-6H,2,7H2,1H3. The summed E-state index contributed by atoms with van der Waals surface area (Å²) in [6, 6.07) is 3.22. The molecule has 1 aromatic carbocycles. The fourth-order valence-electron chi connectivity index (χ4n) is 2.41. The summed E-state index contributed by atoms with van der Waals surface area (Å²) in [6.07, 6.45) is -4.49. The van der Waals surface area contributed by atoms with Crippen molar-refractivity contribution >= 4 is 17.8 Å². The van der Waals surface area contributed by atoms with Gasteiger partial charge in [0.15, 0.2) is 5.82 Å². The molecule has 136 valence electrons. The fraction of sp³-hybridized carbons (Fsp3) is 0.286. The third kappa shape index (κ3) is 2.89. The van der Waals surface area contributed by atoms with Gasteiger partial charge in [0.25, 0.3) is 0 Å². The predicted octanol–water partition coefficient (Wildman–Crippen LogP) is 0.992. The topological polar surface area (TPSA) is 101 Å². The summed E-state index contributed by atoms with van der Waals surface area (Å²) in [5.41, 5.74) is -0.638. The molecule has 0 aliphatic carbocycles. The molecule has 12 heteroatoms. The smallest absolute Gasteiger partial charge is 0.263 e. The Labute approximate surface area is 144 Å². The molecule has 4 amide bonds. The highest BCUT2D eigenvalue weighted by Crippen LogP contribution is 2.29. The number of likely N-dealkylation sites (N-methyl/N-ethyl adjacent to an activating group) is 1. The van der Waals surface area contributed by atoms with E-state index in [0.29, 0.717) is 4.90 Å². The lowest BCUT2D eigenvalue weighted by atomic mass is 10.2. The Balaban J connectivity index is 1.87. The van der Waals surface area contributed by atoms with Crippen LogP contribution in [0.2, 0.25) is 0 Å². The fourth-order valence-corrected chi connectivity index (χ4v) is 2.41. The molecule has 0 N–H and O–H groups in total. The molecule has 26 heavy (non-hydrogen) atoms. The molecule has 3 rings (SSSR count). The highest BCUT2D eigenvalue weighted by molar-refractivity contribution is 6.44. The van der Waals surface area contributed by atoms with Crippen molar-refractivity contribution in [1.29, 1.82) is 0 Å². The van der Waals surface area contributed by atoms with Gasteiger partial charge in [-0.1, -0.05) is 0 Å². The highest BCUT2D eigenvalue weighted by Gasteiger charge is 2.44. The minimum absolute atomic E-state index is 0.0113. The van der Waals surface area contributed by atoms with E-state index in [2.05, 4.69) is 15.5 Å². The predicted molar refractivity (Wildman–Crippen MR) is 77.5 cm³/mol. The van der Waals surface area contributed by atoms with Crippen LogP contribution < -0.4 is 0 Å². The summed E-state index contributed by atoms with van der Waals surface area (Å²) < 4.78 is 39.0. The highest BCUT2D eigenvalue weighted by atomic mass is 19.4. The SMILES string of the molecule is CCN1C(=O)C(=O)N(Cc2nnnn2-c2ccc(C(F)(F)F)cc2)C1=O. The summed E-state index contributed by atoms with van der Waals surface area (Å²) in [5.74, 6) is -1.96. The number of amides is 4. The van der Waals surface area contributed by atoms with E-state index in [1.807, 2.05) is 0 Å². The van der Waals surface area contributed by atoms with Crippen LogP contribution >= 0.6 is 0 Å². The van der Waals surface area contributed by atoms with Gasteiger partial charge in [0.05, 0.1) is 17.8 Å². The molecule has 0 unspecified atom stereocenters. The minimum atomic E-state index is -4.49. The van der Waals surface area contributed by atoms with Gasteiger partial charge in [-0.15, -0.1) is 5.10 Å². The average Bonchev–Trinajstić information content (AvgIpc) is 3.13. The van der Waals surface area contributed by atoms with E-state index < -0.39 is 36.1 Å². The monoisotopic (exact) mass is 368 g/mol. The normalized spacial score (nSPS) is 15.3. The number of halogens is 3. The van der Waals surface area contributed by atoms with Crippen molar-refractivity contribution in [2.45, 2.75) is 19.6 Å². The van der Waals surface area contributed by atoms with Gasteiger partial charge in [-0.05, 0) is 41.6 Å². The van der Waals surface area contributed by atoms with Gasteiger partial charge in [0, 0.05) is 6.54 Å². The second-order valence-electron chi connectivity index (χ2n) is 5.27. The van der Waals surface area contributed by atoms with Gasteiger partial charge in [0.1, 0.15) is 0 Å². The Morgan fingerprint density at radius 2 is 1.62 bits per heavy atom. The van der Waals surface area contributed by atoms with Crippen LogP contribution in [0.1, 0.15) is 18.3 Å². The number of hydrogen-bond acceptors (Lipinski definition) is 6. The van der Waals surface area contributed by atoms with E-state index in [4.69, 9.17) is 0 Å². The zero-order chi connectivity index (χ0) is 19.1. The van der Waals surface area contributed by atoms with Crippen LogP contribution in [0.4, 0.5) is 18.0 Å². The Morgan fingerprint density at radius 1 is 1.00 bits per heavy atom. The molecule has 9 nitrogen and oxygen atoms in total. The van der Waals surface area contributed by atoms with E-state index in [0.717, 1.165) is 33.8 Å². The van der Waals surface area contributed by atoms with Gasteiger partial charge in [-0.3, -0.25) is 14.5 Å². The van der Waals surface area contributed by atoms with Crippen LogP contribution in [0.25, 0.3) is 5.69 Å². The van der Waals surface area contributed by atoms with Crippen LogP contribution in [0.3, 0.4) is 0 Å². The molecule has 0 saturated carbocycles. The largest absolute Gasteiger partial charge is 0.416 e. The van der Waals surface area contributed by atoms with Gasteiger partial charge in [-0.2, -0.15) is 17.9 Å². The minimum Gasteiger partial charge on any atom is -0.263 e. The first-order valence-corrected chi connectivity index (χ1v) is 7.36. The van der Waals surface area contributed by atoms with Crippen molar-refractivity contribution < 1.29 is 27.6 Å². The van der Waals surface area contributed by atoms with Gasteiger partial charge >= 0.3 is 24.0 Å². The first-order valence-electron chi connectivity index (χ1n) is 7.36. The second kappa shape index (κ2) is 6.20. The van der Waals surface area contributed by atoms with Crippen LogP contribution in [0.15, 0.2) is 24.3 Å². The van der Waals surface area contributed by atoms with E-state index in [-0.39, 0.29) is 18.1 Å². The summed E-state index contributed by atoms with van der Waals surface area (Å²) in [7, 11) is 0. The molecule has 2 aromatic rings. The molecule has 1 aliphatic rings. The Hall–Kier alpha value is -3.31. The maximum absolute atomic E-state index is 12.6. The first kappa shape index (κ1) is 17.5.